The predicted molar refractivity (Wildman–Crippen MR) is 35.0 cm³/mol. The molecule has 0 saturated carbocycles. The molecule has 0 saturated heterocycles. The first-order chi connectivity index (χ1) is 3.93. The molecule has 9 heavy (non-hydrogen) atoms. The smallest absolute Gasteiger partial charge is 0 e. The van der Waals surface area contributed by atoms with Crippen LogP contribution in [0.5, 0.6) is 0 Å². The van der Waals surface area contributed by atoms with Gasteiger partial charge in [0.05, 0.1) is 0 Å². The van der Waals surface area contributed by atoms with Crippen molar-refractivity contribution in [2.45, 2.75) is 0 Å². The fraction of sp³-hybridized carbons (Fsp3) is 0. The van der Waals surface area contributed by atoms with Gasteiger partial charge in [-0.3, -0.25) is 0 Å². The molecule has 2 heteroatoms. The van der Waals surface area contributed by atoms with E-state index in [1.165, 1.54) is 0 Å². The van der Waals surface area contributed by atoms with Gasteiger partial charge in [0.2, 0.25) is 0 Å². The van der Waals surface area contributed by atoms with Gasteiger partial charge in [-0.05, 0) is 5.56 Å². The fourth-order valence-corrected chi connectivity index (χ4v) is 0.539. The van der Waals surface area contributed by atoms with Crippen LogP contribution in [0.2, 0.25) is 0 Å². The van der Waals surface area contributed by atoms with E-state index in [2.05, 4.69) is 0 Å². The molecule has 0 heterocycles. The van der Waals surface area contributed by atoms with Crippen LogP contribution in [-0.4, -0.2) is 6.21 Å². The molecule has 1 aromatic carbocycles. The van der Waals surface area contributed by atoms with Gasteiger partial charge in [-0.25, -0.2) is 0 Å². The standard InChI is InChI=1S/C7H6N.Y/c8-6-7-4-2-1-3-5-7;/h1-6H;/q-1;. The molecule has 43 valence electrons. The van der Waals surface area contributed by atoms with Crippen LogP contribution in [0.1, 0.15) is 5.56 Å². The van der Waals surface area contributed by atoms with Crippen LogP contribution < -0.4 is 0 Å². The van der Waals surface area contributed by atoms with Crippen molar-refractivity contribution in [3.05, 3.63) is 41.3 Å². The predicted octanol–water partition coefficient (Wildman–Crippen LogP) is 1.67. The van der Waals surface area contributed by atoms with Crippen molar-refractivity contribution in [3.8, 4) is 0 Å². The van der Waals surface area contributed by atoms with E-state index in [1.807, 2.05) is 30.3 Å². The molecule has 0 N–H and O–H groups in total. The van der Waals surface area contributed by atoms with Crippen LogP contribution in [0, 0.1) is 0 Å². The zero-order valence-electron chi connectivity index (χ0n) is 4.99. The van der Waals surface area contributed by atoms with Crippen molar-refractivity contribution in [3.63, 3.8) is 0 Å². The van der Waals surface area contributed by atoms with Gasteiger partial charge in [0, 0.05) is 32.7 Å². The van der Waals surface area contributed by atoms with Gasteiger partial charge in [0.15, 0.2) is 0 Å². The van der Waals surface area contributed by atoms with Crippen molar-refractivity contribution in [2.24, 2.45) is 0 Å². The van der Waals surface area contributed by atoms with E-state index in [1.54, 1.807) is 0 Å². The third kappa shape index (κ3) is 2.88. The Balaban J connectivity index is 0.000000640. The first kappa shape index (κ1) is 8.99. The quantitative estimate of drug-likeness (QED) is 0.605. The molecule has 0 spiro atoms. The molecule has 0 fully saturated rings. The van der Waals surface area contributed by atoms with Crippen LogP contribution in [0.4, 0.5) is 0 Å². The van der Waals surface area contributed by atoms with Crippen molar-refractivity contribution in [1.82, 2.24) is 0 Å². The first-order valence-corrected chi connectivity index (χ1v) is 2.46. The molecule has 1 nitrogen and oxygen atoms in total. The van der Waals surface area contributed by atoms with Gasteiger partial charge in [-0.1, -0.05) is 30.3 Å². The van der Waals surface area contributed by atoms with E-state index in [-0.39, 0.29) is 32.7 Å². The summed E-state index contributed by atoms with van der Waals surface area (Å²) in [7, 11) is 0. The van der Waals surface area contributed by atoms with Crippen LogP contribution in [0.3, 0.4) is 0 Å². The SMILES string of the molecule is [N-]=Cc1ccccc1.[Y]. The molecule has 0 aromatic heterocycles. The first-order valence-electron chi connectivity index (χ1n) is 2.46. The van der Waals surface area contributed by atoms with Gasteiger partial charge in [-0.15, -0.1) is 0 Å². The fourth-order valence-electron chi connectivity index (χ4n) is 0.539. The van der Waals surface area contributed by atoms with Crippen LogP contribution >= 0.6 is 0 Å². The second kappa shape index (κ2) is 4.83. The van der Waals surface area contributed by atoms with Gasteiger partial charge >= 0.3 is 0 Å². The molecular weight excluding hydrogens is 187 g/mol. The average Bonchev–Trinajstić information content (AvgIpc) is 1.90. The molecule has 0 atom stereocenters. The molecular formula is C7H6NY-. The van der Waals surface area contributed by atoms with Gasteiger partial charge < -0.3 is 5.41 Å². The molecule has 0 unspecified atom stereocenters. The maximum Gasteiger partial charge on any atom is 0 e. The number of nitrogens with zero attached hydrogens (tertiary/aromatic N) is 1. The summed E-state index contributed by atoms with van der Waals surface area (Å²) in [6.07, 6.45) is 1.08. The monoisotopic (exact) mass is 193 g/mol. The summed E-state index contributed by atoms with van der Waals surface area (Å²) < 4.78 is 0. The Labute approximate surface area is 79.9 Å². The van der Waals surface area contributed by atoms with Crippen molar-refractivity contribution in [1.29, 1.82) is 0 Å². The van der Waals surface area contributed by atoms with Gasteiger partial charge in [0.1, 0.15) is 0 Å². The number of hydrogen-bond acceptors (Lipinski definition) is 0. The zero-order valence-corrected chi connectivity index (χ0v) is 7.83. The van der Waals surface area contributed by atoms with Gasteiger partial charge in [-0.2, -0.15) is 6.21 Å². The van der Waals surface area contributed by atoms with Gasteiger partial charge in [0.25, 0.3) is 0 Å². The van der Waals surface area contributed by atoms with E-state index in [9.17, 15) is 0 Å². The summed E-state index contributed by atoms with van der Waals surface area (Å²) in [5.41, 5.74) is 0.840. The van der Waals surface area contributed by atoms with E-state index < -0.39 is 0 Å². The number of rotatable bonds is 1. The Morgan fingerprint density at radius 1 is 1.11 bits per heavy atom. The Morgan fingerprint density at radius 2 is 1.67 bits per heavy atom. The van der Waals surface area contributed by atoms with Crippen LogP contribution in [-0.2, 0) is 32.7 Å². The third-order valence-corrected chi connectivity index (χ3v) is 0.949. The van der Waals surface area contributed by atoms with Crippen LogP contribution in [0.25, 0.3) is 5.41 Å². The molecule has 0 amide bonds. The number of benzene rings is 1. The third-order valence-electron chi connectivity index (χ3n) is 0.949. The topological polar surface area (TPSA) is 22.3 Å². The molecule has 0 aliphatic carbocycles. The van der Waals surface area contributed by atoms with E-state index in [4.69, 9.17) is 5.41 Å². The zero-order chi connectivity index (χ0) is 5.82. The summed E-state index contributed by atoms with van der Waals surface area (Å²) in [6, 6.07) is 9.33. The number of hydrogen-bond donors (Lipinski definition) is 0. The molecule has 0 aliphatic heterocycles. The maximum atomic E-state index is 8.41. The summed E-state index contributed by atoms with van der Waals surface area (Å²) >= 11 is 0. The summed E-state index contributed by atoms with van der Waals surface area (Å²) in [6.45, 7) is 0. The van der Waals surface area contributed by atoms with Crippen molar-refractivity contribution >= 4 is 6.21 Å². The second-order valence-corrected chi connectivity index (χ2v) is 1.54. The molecule has 0 bridgehead atoms. The minimum Gasteiger partial charge on any atom is -0.810 e. The Bertz CT molecular complexity index is 172. The average molecular weight is 193 g/mol. The van der Waals surface area contributed by atoms with E-state index in [0.29, 0.717) is 0 Å². The molecule has 1 aromatic rings. The van der Waals surface area contributed by atoms with Crippen LogP contribution in [0.15, 0.2) is 30.3 Å². The maximum absolute atomic E-state index is 8.41. The van der Waals surface area contributed by atoms with Crippen molar-refractivity contribution in [2.75, 3.05) is 0 Å². The summed E-state index contributed by atoms with van der Waals surface area (Å²) in [5, 5.41) is 8.41. The van der Waals surface area contributed by atoms with Crippen molar-refractivity contribution < 1.29 is 32.7 Å². The van der Waals surface area contributed by atoms with E-state index >= 15 is 0 Å². The largest absolute Gasteiger partial charge is 0.810 e. The minimum absolute atomic E-state index is 0. The Hall–Kier alpha value is -0.00610. The normalized spacial score (nSPS) is 7.56. The summed E-state index contributed by atoms with van der Waals surface area (Å²) in [5.74, 6) is 0. The Morgan fingerprint density at radius 3 is 2.00 bits per heavy atom. The Kier molecular flexibility index (Phi) is 4.83. The van der Waals surface area contributed by atoms with E-state index in [0.717, 1.165) is 11.8 Å². The molecule has 1 rings (SSSR count). The second-order valence-electron chi connectivity index (χ2n) is 1.54. The molecule has 0 aliphatic rings. The minimum atomic E-state index is 0. The summed E-state index contributed by atoms with van der Waals surface area (Å²) in [4.78, 5) is 0. The molecule has 1 radical (unpaired) electrons.